The Labute approximate surface area is 93.5 Å². The molecule has 0 bridgehead atoms. The third-order valence-corrected chi connectivity index (χ3v) is 2.49. The average molecular weight is 224 g/mol. The summed E-state index contributed by atoms with van der Waals surface area (Å²) in [6.45, 7) is 5.52. The van der Waals surface area contributed by atoms with E-state index in [4.69, 9.17) is 10.8 Å². The molecule has 0 saturated carbocycles. The molecule has 1 aromatic heterocycles. The minimum Gasteiger partial charge on any atom is -0.477 e. The van der Waals surface area contributed by atoms with E-state index >= 15 is 0 Å². The van der Waals surface area contributed by atoms with Crippen LogP contribution in [0.25, 0.3) is 0 Å². The lowest BCUT2D eigenvalue weighted by molar-refractivity contribution is 0.0691. The fourth-order valence-electron chi connectivity index (χ4n) is 1.52. The predicted molar refractivity (Wildman–Crippen MR) is 61.8 cm³/mol. The Hall–Kier alpha value is -1.78. The van der Waals surface area contributed by atoms with Crippen LogP contribution in [0.15, 0.2) is 10.9 Å². The largest absolute Gasteiger partial charge is 0.477 e. The van der Waals surface area contributed by atoms with E-state index in [0.29, 0.717) is 5.56 Å². The van der Waals surface area contributed by atoms with E-state index in [2.05, 4.69) is 0 Å². The van der Waals surface area contributed by atoms with Crippen LogP contribution in [0.3, 0.4) is 0 Å². The molecule has 1 aromatic rings. The lowest BCUT2D eigenvalue weighted by atomic mass is 9.84. The van der Waals surface area contributed by atoms with Gasteiger partial charge in [-0.3, -0.25) is 9.36 Å². The molecule has 1 heterocycles. The number of pyridine rings is 1. The fraction of sp³-hybridized carbons (Fsp3) is 0.455. The maximum absolute atomic E-state index is 11.8. The molecule has 0 radical (unpaired) electrons. The van der Waals surface area contributed by atoms with Crippen molar-refractivity contribution >= 4 is 11.8 Å². The zero-order chi connectivity index (χ0) is 12.7. The lowest BCUT2D eigenvalue weighted by Crippen LogP contribution is -2.31. The summed E-state index contributed by atoms with van der Waals surface area (Å²) >= 11 is 0. The van der Waals surface area contributed by atoms with Gasteiger partial charge < -0.3 is 10.8 Å². The Balaban J connectivity index is 3.75. The molecule has 88 valence electrons. The molecule has 0 amide bonds. The fourth-order valence-corrected chi connectivity index (χ4v) is 1.52. The maximum atomic E-state index is 11.8. The van der Waals surface area contributed by atoms with Gasteiger partial charge in [0.1, 0.15) is 11.4 Å². The van der Waals surface area contributed by atoms with Crippen LogP contribution in [-0.2, 0) is 12.5 Å². The number of nitrogens with two attached hydrogens (primary N) is 1. The molecule has 0 aliphatic rings. The number of carboxylic acids is 1. The van der Waals surface area contributed by atoms with Gasteiger partial charge in [0.05, 0.1) is 0 Å². The summed E-state index contributed by atoms with van der Waals surface area (Å²) in [6, 6.07) is 1.55. The number of aromatic carboxylic acids is 1. The zero-order valence-corrected chi connectivity index (χ0v) is 9.87. The van der Waals surface area contributed by atoms with Gasteiger partial charge in [0.2, 0.25) is 0 Å². The van der Waals surface area contributed by atoms with Crippen LogP contribution in [-0.4, -0.2) is 15.6 Å². The number of nitrogens with zero attached hydrogens (tertiary/aromatic N) is 1. The number of nitrogen functional groups attached to an aromatic ring is 1. The SMILES string of the molecule is Cn1c(N)cc(C(C)(C)C)c(C(=O)O)c1=O. The molecule has 1 rings (SSSR count). The van der Waals surface area contributed by atoms with Crippen LogP contribution in [0.4, 0.5) is 5.82 Å². The third kappa shape index (κ3) is 1.93. The van der Waals surface area contributed by atoms with Gasteiger partial charge in [-0.2, -0.15) is 0 Å². The smallest absolute Gasteiger partial charge is 0.341 e. The number of hydrogen-bond donors (Lipinski definition) is 2. The second-order valence-corrected chi connectivity index (χ2v) is 4.78. The minimum absolute atomic E-state index is 0.204. The van der Waals surface area contributed by atoms with Crippen molar-refractivity contribution in [1.82, 2.24) is 4.57 Å². The normalized spacial score (nSPS) is 11.5. The molecule has 0 saturated heterocycles. The van der Waals surface area contributed by atoms with Gasteiger partial charge in [0.15, 0.2) is 0 Å². The van der Waals surface area contributed by atoms with Gasteiger partial charge in [-0.1, -0.05) is 20.8 Å². The van der Waals surface area contributed by atoms with Crippen molar-refractivity contribution < 1.29 is 9.90 Å². The van der Waals surface area contributed by atoms with Crippen molar-refractivity contribution in [3.63, 3.8) is 0 Å². The van der Waals surface area contributed by atoms with Gasteiger partial charge >= 0.3 is 5.97 Å². The van der Waals surface area contributed by atoms with Gasteiger partial charge in [-0.25, -0.2) is 4.79 Å². The molecule has 0 aliphatic heterocycles. The highest BCUT2D eigenvalue weighted by atomic mass is 16.4. The maximum Gasteiger partial charge on any atom is 0.341 e. The van der Waals surface area contributed by atoms with Crippen molar-refractivity contribution in [3.05, 3.63) is 27.5 Å². The molecule has 5 heteroatoms. The number of carbonyl (C=O) groups is 1. The van der Waals surface area contributed by atoms with Crippen molar-refractivity contribution in [2.75, 3.05) is 5.73 Å². The Morgan fingerprint density at radius 2 is 1.94 bits per heavy atom. The molecule has 0 aliphatic carbocycles. The number of hydrogen-bond acceptors (Lipinski definition) is 3. The van der Waals surface area contributed by atoms with Gasteiger partial charge in [-0.15, -0.1) is 0 Å². The standard InChI is InChI=1S/C11H16N2O3/c1-11(2,3)6-5-7(12)13(4)9(14)8(6)10(15)16/h5H,12H2,1-4H3,(H,15,16). The van der Waals surface area contributed by atoms with Crippen LogP contribution in [0, 0.1) is 0 Å². The Morgan fingerprint density at radius 3 is 2.31 bits per heavy atom. The van der Waals surface area contributed by atoms with E-state index in [1.54, 1.807) is 6.07 Å². The van der Waals surface area contributed by atoms with Crippen molar-refractivity contribution in [1.29, 1.82) is 0 Å². The molecule has 0 aromatic carbocycles. The summed E-state index contributed by atoms with van der Waals surface area (Å²) in [4.78, 5) is 22.9. The molecular formula is C11H16N2O3. The summed E-state index contributed by atoms with van der Waals surface area (Å²) in [5.74, 6) is -0.953. The first kappa shape index (κ1) is 12.3. The van der Waals surface area contributed by atoms with Crippen LogP contribution in [0.2, 0.25) is 0 Å². The van der Waals surface area contributed by atoms with Gasteiger partial charge in [0, 0.05) is 7.05 Å². The van der Waals surface area contributed by atoms with Gasteiger partial charge in [0.25, 0.3) is 5.56 Å². The average Bonchev–Trinajstić information content (AvgIpc) is 2.11. The Morgan fingerprint density at radius 1 is 1.44 bits per heavy atom. The highest BCUT2D eigenvalue weighted by Crippen LogP contribution is 2.25. The van der Waals surface area contributed by atoms with E-state index < -0.39 is 16.9 Å². The summed E-state index contributed by atoms with van der Waals surface area (Å²) in [5, 5.41) is 9.07. The quantitative estimate of drug-likeness (QED) is 0.744. The van der Waals surface area contributed by atoms with Crippen molar-refractivity contribution in [2.24, 2.45) is 7.05 Å². The van der Waals surface area contributed by atoms with E-state index in [1.807, 2.05) is 20.8 Å². The molecule has 3 N–H and O–H groups in total. The summed E-state index contributed by atoms with van der Waals surface area (Å²) in [6.07, 6.45) is 0. The molecule has 0 unspecified atom stereocenters. The third-order valence-electron chi connectivity index (χ3n) is 2.49. The molecule has 0 fully saturated rings. The summed E-state index contributed by atoms with van der Waals surface area (Å²) in [7, 11) is 1.45. The van der Waals surface area contributed by atoms with E-state index in [0.717, 1.165) is 4.57 Å². The summed E-state index contributed by atoms with van der Waals surface area (Å²) in [5.41, 5.74) is 4.90. The summed E-state index contributed by atoms with van der Waals surface area (Å²) < 4.78 is 1.14. The van der Waals surface area contributed by atoms with Crippen molar-refractivity contribution in [3.8, 4) is 0 Å². The zero-order valence-electron chi connectivity index (χ0n) is 9.87. The van der Waals surface area contributed by atoms with Crippen molar-refractivity contribution in [2.45, 2.75) is 26.2 Å². The van der Waals surface area contributed by atoms with Gasteiger partial charge in [-0.05, 0) is 17.0 Å². The topological polar surface area (TPSA) is 85.3 Å². The first-order chi connectivity index (χ1) is 7.16. The highest BCUT2D eigenvalue weighted by molar-refractivity contribution is 5.89. The first-order valence-electron chi connectivity index (χ1n) is 4.89. The minimum atomic E-state index is -1.22. The number of carboxylic acid groups (broad SMARTS) is 1. The number of rotatable bonds is 1. The monoisotopic (exact) mass is 224 g/mol. The number of aromatic nitrogens is 1. The van der Waals surface area contributed by atoms with E-state index in [1.165, 1.54) is 7.05 Å². The highest BCUT2D eigenvalue weighted by Gasteiger charge is 2.26. The van der Waals surface area contributed by atoms with Crippen LogP contribution >= 0.6 is 0 Å². The Bertz CT molecular complexity index is 495. The Kier molecular flexibility index (Phi) is 2.81. The van der Waals surface area contributed by atoms with E-state index in [9.17, 15) is 9.59 Å². The second-order valence-electron chi connectivity index (χ2n) is 4.78. The molecule has 0 atom stereocenters. The van der Waals surface area contributed by atoms with Crippen LogP contribution in [0.5, 0.6) is 0 Å². The lowest BCUT2D eigenvalue weighted by Gasteiger charge is -2.22. The molecule has 0 spiro atoms. The van der Waals surface area contributed by atoms with Crippen LogP contribution < -0.4 is 11.3 Å². The van der Waals surface area contributed by atoms with E-state index in [-0.39, 0.29) is 11.4 Å². The predicted octanol–water partition coefficient (Wildman–Crippen LogP) is 0.963. The second kappa shape index (κ2) is 3.66. The molecule has 5 nitrogen and oxygen atoms in total. The van der Waals surface area contributed by atoms with Crippen LogP contribution in [0.1, 0.15) is 36.7 Å². The molecule has 16 heavy (non-hydrogen) atoms. The molecular weight excluding hydrogens is 208 g/mol. The number of anilines is 1. The first-order valence-corrected chi connectivity index (χ1v) is 4.89.